The predicted octanol–water partition coefficient (Wildman–Crippen LogP) is 0.520. The molecule has 2 amide bonds. The van der Waals surface area contributed by atoms with Crippen molar-refractivity contribution in [3.8, 4) is 5.75 Å². The van der Waals surface area contributed by atoms with E-state index in [0.717, 1.165) is 19.4 Å². The SMILES string of the molecule is O=Cc1ccc2c(c1)N(CC(=O)NCC1CCCO1)C(=O)CO2. The highest BCUT2D eigenvalue weighted by Crippen LogP contribution is 2.32. The summed E-state index contributed by atoms with van der Waals surface area (Å²) in [5, 5.41) is 2.78. The number of nitrogens with one attached hydrogen (secondary N) is 1. The van der Waals surface area contributed by atoms with E-state index in [1.165, 1.54) is 4.90 Å². The summed E-state index contributed by atoms with van der Waals surface area (Å²) in [4.78, 5) is 36.4. The third-order valence-corrected chi connectivity index (χ3v) is 3.91. The van der Waals surface area contributed by atoms with Crippen molar-refractivity contribution in [3.63, 3.8) is 0 Å². The minimum absolute atomic E-state index is 0.0493. The minimum atomic E-state index is -0.312. The molecule has 2 aliphatic rings. The van der Waals surface area contributed by atoms with E-state index in [4.69, 9.17) is 9.47 Å². The number of hydrogen-bond donors (Lipinski definition) is 1. The summed E-state index contributed by atoms with van der Waals surface area (Å²) < 4.78 is 10.8. The first-order valence-electron chi connectivity index (χ1n) is 7.58. The fraction of sp³-hybridized carbons (Fsp3) is 0.438. The van der Waals surface area contributed by atoms with E-state index < -0.39 is 0 Å². The molecule has 1 saturated heterocycles. The lowest BCUT2D eigenvalue weighted by atomic mass is 10.1. The lowest BCUT2D eigenvalue weighted by molar-refractivity contribution is -0.125. The van der Waals surface area contributed by atoms with Crippen LogP contribution in [0.15, 0.2) is 18.2 Å². The largest absolute Gasteiger partial charge is 0.482 e. The fourth-order valence-corrected chi connectivity index (χ4v) is 2.70. The summed E-state index contributed by atoms with van der Waals surface area (Å²) in [6, 6.07) is 4.78. The van der Waals surface area contributed by atoms with Crippen LogP contribution < -0.4 is 15.0 Å². The third kappa shape index (κ3) is 3.50. The topological polar surface area (TPSA) is 84.9 Å². The molecule has 0 bridgehead atoms. The van der Waals surface area contributed by atoms with Crippen LogP contribution in [0.2, 0.25) is 0 Å². The second-order valence-corrected chi connectivity index (χ2v) is 5.55. The van der Waals surface area contributed by atoms with Gasteiger partial charge in [-0.15, -0.1) is 0 Å². The van der Waals surface area contributed by atoms with Crippen molar-refractivity contribution in [3.05, 3.63) is 23.8 Å². The van der Waals surface area contributed by atoms with Crippen LogP contribution in [0.25, 0.3) is 0 Å². The normalized spacial score (nSPS) is 19.9. The lowest BCUT2D eigenvalue weighted by Crippen LogP contribution is -2.46. The van der Waals surface area contributed by atoms with Crippen molar-refractivity contribution < 1.29 is 23.9 Å². The average Bonchev–Trinajstić information content (AvgIpc) is 3.08. The molecule has 7 heteroatoms. The van der Waals surface area contributed by atoms with E-state index in [9.17, 15) is 14.4 Å². The van der Waals surface area contributed by atoms with E-state index in [0.29, 0.717) is 29.8 Å². The first kappa shape index (κ1) is 15.5. The van der Waals surface area contributed by atoms with Gasteiger partial charge in [0.05, 0.1) is 11.8 Å². The number of ether oxygens (including phenoxy) is 2. The van der Waals surface area contributed by atoms with Crippen LogP contribution in [0.1, 0.15) is 23.2 Å². The molecule has 0 aliphatic carbocycles. The van der Waals surface area contributed by atoms with Crippen molar-refractivity contribution in [2.24, 2.45) is 0 Å². The Balaban J connectivity index is 1.67. The maximum atomic E-state index is 12.1. The third-order valence-electron chi connectivity index (χ3n) is 3.91. The van der Waals surface area contributed by atoms with Gasteiger partial charge in [0.1, 0.15) is 18.6 Å². The maximum Gasteiger partial charge on any atom is 0.265 e. The van der Waals surface area contributed by atoms with Gasteiger partial charge in [-0.05, 0) is 31.0 Å². The molecule has 23 heavy (non-hydrogen) atoms. The zero-order chi connectivity index (χ0) is 16.2. The molecule has 1 aromatic rings. The number of rotatable bonds is 5. The molecule has 2 heterocycles. The molecule has 2 aliphatic heterocycles. The second-order valence-electron chi connectivity index (χ2n) is 5.55. The molecule has 1 atom stereocenters. The monoisotopic (exact) mass is 318 g/mol. The fourth-order valence-electron chi connectivity index (χ4n) is 2.70. The van der Waals surface area contributed by atoms with Gasteiger partial charge in [-0.1, -0.05) is 0 Å². The van der Waals surface area contributed by atoms with Gasteiger partial charge >= 0.3 is 0 Å². The Morgan fingerprint density at radius 1 is 1.43 bits per heavy atom. The Kier molecular flexibility index (Phi) is 4.57. The van der Waals surface area contributed by atoms with Crippen molar-refractivity contribution in [2.75, 3.05) is 31.2 Å². The number of fused-ring (bicyclic) bond motifs is 1. The van der Waals surface area contributed by atoms with Gasteiger partial charge in [0.2, 0.25) is 5.91 Å². The van der Waals surface area contributed by atoms with Gasteiger partial charge < -0.3 is 14.8 Å². The Labute approximate surface area is 133 Å². The van der Waals surface area contributed by atoms with Gasteiger partial charge in [0.25, 0.3) is 5.91 Å². The van der Waals surface area contributed by atoms with E-state index in [1.807, 2.05) is 0 Å². The smallest absolute Gasteiger partial charge is 0.265 e. The van der Waals surface area contributed by atoms with Gasteiger partial charge in [-0.3, -0.25) is 19.3 Å². The van der Waals surface area contributed by atoms with Crippen LogP contribution in [-0.4, -0.2) is 50.5 Å². The van der Waals surface area contributed by atoms with Crippen molar-refractivity contribution in [2.45, 2.75) is 18.9 Å². The van der Waals surface area contributed by atoms with Crippen LogP contribution in [0.5, 0.6) is 5.75 Å². The van der Waals surface area contributed by atoms with Gasteiger partial charge in [0, 0.05) is 18.7 Å². The molecule has 0 radical (unpaired) electrons. The van der Waals surface area contributed by atoms with E-state index in [1.54, 1.807) is 18.2 Å². The van der Waals surface area contributed by atoms with Crippen LogP contribution >= 0.6 is 0 Å². The van der Waals surface area contributed by atoms with Crippen molar-refractivity contribution in [1.82, 2.24) is 5.32 Å². The number of hydrogen-bond acceptors (Lipinski definition) is 5. The molecule has 0 saturated carbocycles. The molecular formula is C16H18N2O5. The Morgan fingerprint density at radius 3 is 3.04 bits per heavy atom. The van der Waals surface area contributed by atoms with Crippen molar-refractivity contribution in [1.29, 1.82) is 0 Å². The minimum Gasteiger partial charge on any atom is -0.482 e. The number of aldehydes is 1. The number of amides is 2. The summed E-state index contributed by atoms with van der Waals surface area (Å²) in [7, 11) is 0. The first-order valence-corrected chi connectivity index (χ1v) is 7.58. The molecule has 7 nitrogen and oxygen atoms in total. The Morgan fingerprint density at radius 2 is 2.30 bits per heavy atom. The lowest BCUT2D eigenvalue weighted by Gasteiger charge is -2.29. The summed E-state index contributed by atoms with van der Waals surface area (Å²) in [6.45, 7) is 0.944. The van der Waals surface area contributed by atoms with Crippen LogP contribution in [0.4, 0.5) is 5.69 Å². The van der Waals surface area contributed by atoms with Crippen LogP contribution in [0, 0.1) is 0 Å². The molecule has 0 spiro atoms. The Hall–Kier alpha value is -2.41. The van der Waals surface area contributed by atoms with Crippen LogP contribution in [-0.2, 0) is 14.3 Å². The van der Waals surface area contributed by atoms with Crippen LogP contribution in [0.3, 0.4) is 0 Å². The zero-order valence-corrected chi connectivity index (χ0v) is 12.6. The molecule has 3 rings (SSSR count). The number of carbonyl (C=O) groups is 3. The molecule has 1 fully saturated rings. The van der Waals surface area contributed by atoms with Gasteiger partial charge in [-0.25, -0.2) is 0 Å². The molecule has 0 aromatic heterocycles. The summed E-state index contributed by atoms with van der Waals surface area (Å²) in [5.74, 6) is -0.0897. The number of benzene rings is 1. The maximum absolute atomic E-state index is 12.1. The van der Waals surface area contributed by atoms with E-state index in [-0.39, 0.29) is 31.1 Å². The van der Waals surface area contributed by atoms with E-state index in [2.05, 4.69) is 5.32 Å². The van der Waals surface area contributed by atoms with E-state index >= 15 is 0 Å². The highest BCUT2D eigenvalue weighted by Gasteiger charge is 2.28. The first-order chi connectivity index (χ1) is 11.2. The molecular weight excluding hydrogens is 300 g/mol. The Bertz CT molecular complexity index is 625. The van der Waals surface area contributed by atoms with Gasteiger partial charge in [0.15, 0.2) is 6.61 Å². The summed E-state index contributed by atoms with van der Waals surface area (Å²) in [5.41, 5.74) is 0.866. The van der Waals surface area contributed by atoms with Gasteiger partial charge in [-0.2, -0.15) is 0 Å². The molecule has 1 unspecified atom stereocenters. The molecule has 122 valence electrons. The molecule has 1 aromatic carbocycles. The highest BCUT2D eigenvalue weighted by atomic mass is 16.5. The number of anilines is 1. The quantitative estimate of drug-likeness (QED) is 0.800. The summed E-state index contributed by atoms with van der Waals surface area (Å²) in [6.07, 6.45) is 2.68. The average molecular weight is 318 g/mol. The number of carbonyl (C=O) groups excluding carboxylic acids is 3. The second kappa shape index (κ2) is 6.78. The number of nitrogens with zero attached hydrogens (tertiary/aromatic N) is 1. The summed E-state index contributed by atoms with van der Waals surface area (Å²) >= 11 is 0. The zero-order valence-electron chi connectivity index (χ0n) is 12.6. The highest BCUT2D eigenvalue weighted by molar-refractivity contribution is 6.02. The standard InChI is InChI=1S/C16H18N2O5/c19-9-11-3-4-14-13(6-11)18(16(21)10-23-14)8-15(20)17-7-12-2-1-5-22-12/h3-4,6,9,12H,1-2,5,7-8,10H2,(H,17,20). The molecule has 1 N–H and O–H groups in total. The predicted molar refractivity (Wildman–Crippen MR) is 81.7 cm³/mol. The van der Waals surface area contributed by atoms with Crippen molar-refractivity contribution >= 4 is 23.8 Å².